The molecule has 0 aliphatic rings. The summed E-state index contributed by atoms with van der Waals surface area (Å²) in [6.45, 7) is -7.03. The van der Waals surface area contributed by atoms with Gasteiger partial charge in [0.15, 0.2) is 6.61 Å². The van der Waals surface area contributed by atoms with Gasteiger partial charge in [0.25, 0.3) is 0 Å². The van der Waals surface area contributed by atoms with E-state index in [1.165, 1.54) is 0 Å². The summed E-state index contributed by atoms with van der Waals surface area (Å²) in [5.41, 5.74) is 0. The number of carbonyl (C=O) groups is 4. The first-order chi connectivity index (χ1) is 29.2. The summed E-state index contributed by atoms with van der Waals surface area (Å²) in [6.07, 6.45) is 6.30. The Hall–Kier alpha value is -3.36. The standard InChI is InChI=1S/C37H54F16N2O9/c1-3-5-7-9-13-24(14-10-8-6-4-2)16-18-63-22-30(38,39)32(42,43)34(46,47)36(50,51)37(52,53)35(48,49)33(44,45)31(40,41)23-64-28(60)19-54-17-12-11-15-25(29(61)62)55(20-26(56)57)21-27(58)59/h24-25,54H,3-23H2,1-2H3,(H,56,57)(H,58,59)(H,61,62)/t25-/m0/s1. The molecule has 0 aliphatic heterocycles. The van der Waals surface area contributed by atoms with Gasteiger partial charge >= 0.3 is 71.3 Å². The molecular weight excluding hydrogens is 920 g/mol. The van der Waals surface area contributed by atoms with Crippen LogP contribution in [0.4, 0.5) is 70.2 Å². The highest BCUT2D eigenvalue weighted by Gasteiger charge is 2.94. The normalized spacial score (nSPS) is 14.3. The summed E-state index contributed by atoms with van der Waals surface area (Å²) in [5, 5.41) is 29.2. The summed E-state index contributed by atoms with van der Waals surface area (Å²) in [6, 6.07) is -1.67. The van der Waals surface area contributed by atoms with Crippen molar-refractivity contribution in [1.29, 1.82) is 0 Å². The van der Waals surface area contributed by atoms with Gasteiger partial charge in [-0.05, 0) is 31.7 Å². The molecule has 0 radical (unpaired) electrons. The fourth-order valence-electron chi connectivity index (χ4n) is 6.12. The lowest BCUT2D eigenvalue weighted by Crippen LogP contribution is -2.75. The van der Waals surface area contributed by atoms with Crippen LogP contribution < -0.4 is 5.32 Å². The van der Waals surface area contributed by atoms with Crippen LogP contribution in [0.1, 0.15) is 104 Å². The first kappa shape index (κ1) is 60.6. The van der Waals surface area contributed by atoms with Gasteiger partial charge in [0.2, 0.25) is 0 Å². The third kappa shape index (κ3) is 15.9. The van der Waals surface area contributed by atoms with E-state index in [9.17, 15) is 94.5 Å². The Labute approximate surface area is 357 Å². The minimum absolute atomic E-state index is 0.140. The number of ether oxygens (including phenoxy) is 2. The molecule has 0 saturated heterocycles. The number of esters is 1. The van der Waals surface area contributed by atoms with Crippen molar-refractivity contribution in [1.82, 2.24) is 10.2 Å². The molecule has 0 aliphatic carbocycles. The second-order valence-corrected chi connectivity index (χ2v) is 15.1. The van der Waals surface area contributed by atoms with Gasteiger partial charge in [0, 0.05) is 6.61 Å². The lowest BCUT2D eigenvalue weighted by molar-refractivity contribution is -0.455. The Kier molecular flexibility index (Phi) is 24.2. The molecule has 0 saturated carbocycles. The summed E-state index contributed by atoms with van der Waals surface area (Å²) < 4.78 is 238. The van der Waals surface area contributed by atoms with Crippen LogP contribution in [0.25, 0.3) is 0 Å². The largest absolute Gasteiger partial charge is 0.480 e. The number of hydrogen-bond donors (Lipinski definition) is 4. The number of halogens is 16. The number of aliphatic carboxylic acids is 3. The molecule has 0 spiro atoms. The van der Waals surface area contributed by atoms with E-state index in [0.29, 0.717) is 30.6 Å². The third-order valence-corrected chi connectivity index (χ3v) is 9.94. The molecule has 0 bridgehead atoms. The van der Waals surface area contributed by atoms with Gasteiger partial charge in [0.05, 0.1) is 19.6 Å². The lowest BCUT2D eigenvalue weighted by atomic mass is 9.87. The predicted octanol–water partition coefficient (Wildman–Crippen LogP) is 9.26. The van der Waals surface area contributed by atoms with Gasteiger partial charge in [-0.2, -0.15) is 70.2 Å². The number of rotatable bonds is 37. The highest BCUT2D eigenvalue weighted by atomic mass is 19.4. The van der Waals surface area contributed by atoms with Crippen molar-refractivity contribution in [2.75, 3.05) is 46.0 Å². The molecule has 0 unspecified atom stereocenters. The van der Waals surface area contributed by atoms with E-state index in [4.69, 9.17) is 10.2 Å². The first-order valence-electron chi connectivity index (χ1n) is 20.0. The van der Waals surface area contributed by atoms with Crippen LogP contribution in [-0.2, 0) is 28.7 Å². The molecule has 27 heteroatoms. The van der Waals surface area contributed by atoms with E-state index in [1.807, 2.05) is 13.8 Å². The van der Waals surface area contributed by atoms with Crippen LogP contribution in [-0.4, -0.2) is 144 Å². The molecule has 1 atom stereocenters. The Bertz CT molecular complexity index is 1430. The molecule has 64 heavy (non-hydrogen) atoms. The van der Waals surface area contributed by atoms with Gasteiger partial charge in [-0.15, -0.1) is 0 Å². The minimum Gasteiger partial charge on any atom is -0.480 e. The maximum Gasteiger partial charge on any atom is 0.385 e. The molecule has 378 valence electrons. The molecule has 0 amide bonds. The SMILES string of the molecule is CCCCCCC(CCCCCC)CCOCC(F)(F)C(F)(F)C(F)(F)C(F)(F)C(F)(F)C(F)(F)C(F)(F)C(F)(F)COC(=O)CNCCCC[C@@H](C(=O)O)N(CC(=O)O)CC(=O)O. The van der Waals surface area contributed by atoms with Crippen molar-refractivity contribution in [2.24, 2.45) is 5.92 Å². The molecule has 11 nitrogen and oxygen atoms in total. The van der Waals surface area contributed by atoms with Crippen LogP contribution in [0.2, 0.25) is 0 Å². The molecular formula is C37H54F16N2O9. The zero-order chi connectivity index (χ0) is 50.0. The molecule has 0 aromatic rings. The Morgan fingerprint density at radius 1 is 0.531 bits per heavy atom. The van der Waals surface area contributed by atoms with Crippen LogP contribution in [0, 0.1) is 5.92 Å². The third-order valence-electron chi connectivity index (χ3n) is 9.94. The monoisotopic (exact) mass is 974 g/mol. The summed E-state index contributed by atoms with van der Waals surface area (Å²) >= 11 is 0. The smallest absolute Gasteiger partial charge is 0.385 e. The maximum atomic E-state index is 14.4. The van der Waals surface area contributed by atoms with E-state index < -0.39 is 130 Å². The Morgan fingerprint density at radius 3 is 1.34 bits per heavy atom. The van der Waals surface area contributed by atoms with E-state index in [1.54, 1.807) is 0 Å². The second kappa shape index (κ2) is 25.5. The topological polar surface area (TPSA) is 163 Å². The molecule has 0 aromatic heterocycles. The van der Waals surface area contributed by atoms with Gasteiger partial charge < -0.3 is 30.1 Å². The summed E-state index contributed by atoms with van der Waals surface area (Å²) in [7, 11) is 0. The number of nitrogens with one attached hydrogen (secondary N) is 1. The number of nitrogens with zero attached hydrogens (tertiary/aromatic N) is 1. The fraction of sp³-hybridized carbons (Fsp3) is 0.892. The number of unbranched alkanes of at least 4 members (excludes halogenated alkanes) is 7. The molecule has 0 fully saturated rings. The van der Waals surface area contributed by atoms with Crippen molar-refractivity contribution >= 4 is 23.9 Å². The number of carboxylic acid groups (broad SMARTS) is 3. The molecule has 4 N–H and O–H groups in total. The van der Waals surface area contributed by atoms with Gasteiger partial charge in [0.1, 0.15) is 12.6 Å². The lowest BCUT2D eigenvalue weighted by Gasteiger charge is -2.43. The zero-order valence-electron chi connectivity index (χ0n) is 34.8. The average molecular weight is 975 g/mol. The van der Waals surface area contributed by atoms with Crippen molar-refractivity contribution < 1.29 is 114 Å². The van der Waals surface area contributed by atoms with E-state index in [0.717, 1.165) is 38.5 Å². The molecule has 0 rings (SSSR count). The van der Waals surface area contributed by atoms with Crippen LogP contribution in [0.5, 0.6) is 0 Å². The Balaban J connectivity index is 5.74. The maximum absolute atomic E-state index is 14.4. The van der Waals surface area contributed by atoms with Crippen LogP contribution in [0.3, 0.4) is 0 Å². The molecule has 0 aromatic carbocycles. The zero-order valence-corrected chi connectivity index (χ0v) is 34.8. The number of hydrogen-bond acceptors (Lipinski definition) is 8. The average Bonchev–Trinajstić information content (AvgIpc) is 3.16. The van der Waals surface area contributed by atoms with Gasteiger partial charge in [-0.3, -0.25) is 24.1 Å². The van der Waals surface area contributed by atoms with Crippen LogP contribution >= 0.6 is 0 Å². The minimum atomic E-state index is -8.66. The van der Waals surface area contributed by atoms with Crippen molar-refractivity contribution in [3.05, 3.63) is 0 Å². The van der Waals surface area contributed by atoms with E-state index in [2.05, 4.69) is 14.8 Å². The van der Waals surface area contributed by atoms with E-state index >= 15 is 0 Å². The highest BCUT2D eigenvalue weighted by Crippen LogP contribution is 2.63. The summed E-state index contributed by atoms with van der Waals surface area (Å²) in [5.74, 6) is -70.5. The first-order valence-corrected chi connectivity index (χ1v) is 20.0. The predicted molar refractivity (Wildman–Crippen MR) is 192 cm³/mol. The van der Waals surface area contributed by atoms with Gasteiger partial charge in [-0.25, -0.2) is 0 Å². The number of carboxylic acids is 3. The van der Waals surface area contributed by atoms with Crippen LogP contribution in [0.15, 0.2) is 0 Å². The van der Waals surface area contributed by atoms with E-state index in [-0.39, 0.29) is 25.2 Å². The Morgan fingerprint density at radius 2 is 0.938 bits per heavy atom. The number of alkyl halides is 16. The van der Waals surface area contributed by atoms with Crippen molar-refractivity contribution in [2.45, 2.75) is 157 Å². The van der Waals surface area contributed by atoms with Crippen molar-refractivity contribution in [3.8, 4) is 0 Å². The van der Waals surface area contributed by atoms with Gasteiger partial charge in [-0.1, -0.05) is 84.5 Å². The van der Waals surface area contributed by atoms with Crippen molar-refractivity contribution in [3.63, 3.8) is 0 Å². The quantitative estimate of drug-likeness (QED) is 0.0267. The highest BCUT2D eigenvalue weighted by molar-refractivity contribution is 5.78. The summed E-state index contributed by atoms with van der Waals surface area (Å²) in [4.78, 5) is 45.7. The molecule has 0 heterocycles. The second-order valence-electron chi connectivity index (χ2n) is 15.1. The fourth-order valence-corrected chi connectivity index (χ4v) is 6.12. The number of carbonyl (C=O) groups excluding carboxylic acids is 1.